The summed E-state index contributed by atoms with van der Waals surface area (Å²) in [6.45, 7) is 16.6. The van der Waals surface area contributed by atoms with E-state index in [0.29, 0.717) is 56.0 Å². The molecule has 0 spiro atoms. The highest BCUT2D eigenvalue weighted by Gasteiger charge is 2.57. The molecule has 71 heavy (non-hydrogen) atoms. The third kappa shape index (κ3) is 11.9. The van der Waals surface area contributed by atoms with Crippen molar-refractivity contribution in [3.63, 3.8) is 0 Å². The van der Waals surface area contributed by atoms with E-state index in [2.05, 4.69) is 39.3 Å². The molecule has 7 rings (SSSR count). The number of aromatic nitrogens is 2. The molecule has 1 aromatic heterocycles. The Balaban J connectivity index is 0.966. The molecule has 5 amide bonds. The molecule has 0 aliphatic carbocycles. The van der Waals surface area contributed by atoms with E-state index >= 15 is 0 Å². The zero-order chi connectivity index (χ0) is 51.2. The molecule has 2 fully saturated rings. The predicted molar refractivity (Wildman–Crippen MR) is 271 cm³/mol. The van der Waals surface area contributed by atoms with Crippen LogP contribution in [0.1, 0.15) is 109 Å². The highest BCUT2D eigenvalue weighted by molar-refractivity contribution is 6.48. The second kappa shape index (κ2) is 21.9. The van der Waals surface area contributed by atoms with Crippen molar-refractivity contribution < 1.29 is 38.7 Å². The average Bonchev–Trinajstić information content (AvgIpc) is 3.60. The van der Waals surface area contributed by atoms with Crippen LogP contribution in [0.5, 0.6) is 11.5 Å². The normalized spacial score (nSPS) is 17.7. The Hall–Kier alpha value is -7.15. The van der Waals surface area contributed by atoms with Crippen molar-refractivity contribution in [2.75, 3.05) is 31.1 Å². The van der Waals surface area contributed by atoms with Gasteiger partial charge in [0.25, 0.3) is 11.8 Å². The molecule has 3 unspecified atom stereocenters. The number of piperazine rings is 1. The van der Waals surface area contributed by atoms with Crippen molar-refractivity contribution in [3.8, 4) is 11.5 Å². The third-order valence-electron chi connectivity index (χ3n) is 13.4. The topological polar surface area (TPSA) is 237 Å². The number of benzene rings is 4. The highest BCUT2D eigenvalue weighted by atomic mass is 16.7. The molecule has 18 heteroatoms. The van der Waals surface area contributed by atoms with Gasteiger partial charge in [0.2, 0.25) is 5.91 Å². The van der Waals surface area contributed by atoms with Crippen LogP contribution in [0.15, 0.2) is 110 Å². The number of amidine groups is 1. The molecule has 0 radical (unpaired) electrons. The minimum atomic E-state index is -0.972. The van der Waals surface area contributed by atoms with E-state index in [-0.39, 0.29) is 52.8 Å². The fourth-order valence-corrected chi connectivity index (χ4v) is 9.08. The molecular weight excluding hydrogens is 901 g/mol. The Kier molecular flexibility index (Phi) is 15.9. The summed E-state index contributed by atoms with van der Waals surface area (Å²) >= 11 is 0. The van der Waals surface area contributed by atoms with E-state index in [1.54, 1.807) is 12.1 Å². The van der Waals surface area contributed by atoms with Crippen molar-refractivity contribution in [3.05, 3.63) is 149 Å². The summed E-state index contributed by atoms with van der Waals surface area (Å²) in [4.78, 5) is 67.1. The number of carbonyl (C=O) groups is 4. The molecule has 2 aliphatic heterocycles. The Morgan fingerprint density at radius 2 is 1.52 bits per heavy atom. The van der Waals surface area contributed by atoms with Gasteiger partial charge >= 0.3 is 13.1 Å². The van der Waals surface area contributed by atoms with E-state index in [0.717, 1.165) is 27.7 Å². The summed E-state index contributed by atoms with van der Waals surface area (Å²) in [7, 11) is -0.838. The number of phenolic OH excluding ortho intramolecular Hbond substituents is 2. The number of nitrogens with one attached hydrogen (secondary N) is 3. The van der Waals surface area contributed by atoms with Crippen molar-refractivity contribution in [2.45, 2.75) is 97.0 Å². The van der Waals surface area contributed by atoms with Gasteiger partial charge in [-0.25, -0.2) is 14.7 Å². The average molecular weight is 966 g/mol. The molecule has 5 aromatic rings. The number of carbonyl (C=O) groups excluding carboxylic acids is 4. The van der Waals surface area contributed by atoms with Crippen LogP contribution in [0.2, 0.25) is 0 Å². The number of aromatic hydroxyl groups is 2. The number of amides is 5. The van der Waals surface area contributed by atoms with Crippen LogP contribution in [-0.2, 0) is 32.7 Å². The van der Waals surface area contributed by atoms with Crippen LogP contribution in [0.3, 0.4) is 0 Å². The predicted octanol–water partition coefficient (Wildman–Crippen LogP) is 6.52. The Morgan fingerprint density at radius 1 is 0.845 bits per heavy atom. The van der Waals surface area contributed by atoms with Gasteiger partial charge in [-0.15, -0.1) is 0 Å². The number of urea groups is 1. The van der Waals surface area contributed by atoms with Gasteiger partial charge in [-0.2, -0.15) is 0 Å². The smallest absolute Gasteiger partial charge is 0.482 e. The summed E-state index contributed by atoms with van der Waals surface area (Å²) in [5.74, 6) is -2.28. The molecule has 0 bridgehead atoms. The van der Waals surface area contributed by atoms with Crippen LogP contribution in [0, 0.1) is 11.3 Å². The van der Waals surface area contributed by atoms with Gasteiger partial charge in [-0.1, -0.05) is 82.3 Å². The monoisotopic (exact) mass is 965 g/mol. The minimum Gasteiger partial charge on any atom is -0.508 e. The van der Waals surface area contributed by atoms with Crippen LogP contribution in [-0.4, -0.2) is 110 Å². The molecule has 0 saturated carbocycles. The van der Waals surface area contributed by atoms with Crippen molar-refractivity contribution in [1.82, 2.24) is 30.4 Å². The van der Waals surface area contributed by atoms with Crippen LogP contribution < -0.4 is 21.3 Å². The molecule has 17 nitrogen and oxygen atoms in total. The number of hydrogen-bond donors (Lipinski definition) is 6. The summed E-state index contributed by atoms with van der Waals surface area (Å²) in [5.41, 5.74) is 8.10. The number of phenols is 2. The quantitative estimate of drug-likeness (QED) is 0.0354. The molecule has 3 heterocycles. The molecule has 372 valence electrons. The SMILES string of the molecule is CC(C)CC(NC(=O)C(Cc1ccccc1)NC(=O)c1cnccn1)B1OC(C)(C)C(C)(c2ccc(C(=O)N3CCN(Cc4ccc(N(C(=N)c5cc(C(C)C)c(O)cc5O)C(N)=O)cc4)CC3)cc2)O1. The van der Waals surface area contributed by atoms with Gasteiger partial charge in [0.05, 0.1) is 29.0 Å². The van der Waals surface area contributed by atoms with Gasteiger partial charge in [0, 0.05) is 63.2 Å². The summed E-state index contributed by atoms with van der Waals surface area (Å²) in [6, 6.07) is 24.8. The van der Waals surface area contributed by atoms with Crippen LogP contribution in [0.4, 0.5) is 10.5 Å². The van der Waals surface area contributed by atoms with Gasteiger partial charge in [-0.3, -0.25) is 29.7 Å². The van der Waals surface area contributed by atoms with Gasteiger partial charge < -0.3 is 40.8 Å². The number of nitrogens with two attached hydrogens (primary N) is 1. The Morgan fingerprint density at radius 3 is 2.13 bits per heavy atom. The van der Waals surface area contributed by atoms with Crippen LogP contribution in [0.25, 0.3) is 0 Å². The fraction of sp³-hybridized carbons (Fsp3) is 0.377. The van der Waals surface area contributed by atoms with E-state index in [1.807, 2.05) is 106 Å². The molecule has 3 atom stereocenters. The van der Waals surface area contributed by atoms with Crippen molar-refractivity contribution >= 4 is 42.4 Å². The van der Waals surface area contributed by atoms with E-state index in [1.165, 1.54) is 24.7 Å². The first-order valence-corrected chi connectivity index (χ1v) is 24.0. The van der Waals surface area contributed by atoms with Gasteiger partial charge in [0.1, 0.15) is 34.7 Å². The minimum absolute atomic E-state index is 0.0620. The van der Waals surface area contributed by atoms with Gasteiger partial charge in [0.15, 0.2) is 0 Å². The Labute approximate surface area is 415 Å². The highest BCUT2D eigenvalue weighted by Crippen LogP contribution is 2.46. The molecule has 4 aromatic carbocycles. The lowest BCUT2D eigenvalue weighted by molar-refractivity contribution is -0.123. The fourth-order valence-electron chi connectivity index (χ4n) is 9.08. The van der Waals surface area contributed by atoms with Gasteiger partial charge in [-0.05, 0) is 91.6 Å². The number of anilines is 1. The number of primary amides is 1. The first kappa shape index (κ1) is 51.7. The second-order valence-corrected chi connectivity index (χ2v) is 19.6. The maximum absolute atomic E-state index is 14.2. The molecular formula is C53H64BN9O8. The maximum Gasteiger partial charge on any atom is 0.482 e. The molecule has 2 aliphatic rings. The molecule has 7 N–H and O–H groups in total. The largest absolute Gasteiger partial charge is 0.508 e. The lowest BCUT2D eigenvalue weighted by atomic mass is 9.73. The lowest BCUT2D eigenvalue weighted by Crippen LogP contribution is -2.55. The lowest BCUT2D eigenvalue weighted by Gasteiger charge is -2.37. The first-order valence-electron chi connectivity index (χ1n) is 24.0. The van der Waals surface area contributed by atoms with Crippen LogP contribution >= 0.6 is 0 Å². The second-order valence-electron chi connectivity index (χ2n) is 19.6. The number of hydrogen-bond acceptors (Lipinski definition) is 12. The van der Waals surface area contributed by atoms with E-state index in [9.17, 15) is 29.4 Å². The maximum atomic E-state index is 14.2. The Bertz CT molecular complexity index is 2700. The number of rotatable bonds is 16. The van der Waals surface area contributed by atoms with Crippen molar-refractivity contribution in [2.24, 2.45) is 11.7 Å². The van der Waals surface area contributed by atoms with E-state index < -0.39 is 48.1 Å². The first-order chi connectivity index (χ1) is 33.7. The molecule has 2 saturated heterocycles. The standard InChI is InChI=1S/C53H64BN9O8/c1-33(2)27-46(60-48(66)42(28-35-11-9-8-10-12-35)59-49(67)43-31-57-21-22-58-43)54-70-52(5,6)53(7,71-54)38-17-15-37(16-18-38)50(68)62-25-23-61(24-26-62)32-36-13-19-39(20-14-36)63(51(56)69)47(55)41-29-40(34(3)4)44(64)30-45(41)65/h8-22,29-31,33-34,42,46,55,64-65H,23-28,32H2,1-7H3,(H2,56,69)(H,59,67)(H,60,66). The number of nitrogens with zero attached hydrogens (tertiary/aromatic N) is 5. The summed E-state index contributed by atoms with van der Waals surface area (Å²) in [6.07, 6.45) is 5.02. The summed E-state index contributed by atoms with van der Waals surface area (Å²) < 4.78 is 13.5. The summed E-state index contributed by atoms with van der Waals surface area (Å²) in [5, 5.41) is 35.7. The van der Waals surface area contributed by atoms with Crippen molar-refractivity contribution in [1.29, 1.82) is 5.41 Å². The van der Waals surface area contributed by atoms with E-state index in [4.69, 9.17) is 20.5 Å². The zero-order valence-electron chi connectivity index (χ0n) is 41.4. The third-order valence-corrected chi connectivity index (χ3v) is 13.4. The zero-order valence-corrected chi connectivity index (χ0v) is 41.4.